The zero-order valence-electron chi connectivity index (χ0n) is 11.3. The third kappa shape index (κ3) is 4.59. The Balaban J connectivity index is 1.75. The third-order valence-electron chi connectivity index (χ3n) is 2.99. The summed E-state index contributed by atoms with van der Waals surface area (Å²) in [5, 5.41) is 13.4. The lowest BCUT2D eigenvalue weighted by atomic mass is 10.1. The van der Waals surface area contributed by atoms with E-state index in [0.717, 1.165) is 28.1 Å². The van der Waals surface area contributed by atoms with E-state index in [-0.39, 0.29) is 0 Å². The van der Waals surface area contributed by atoms with Crippen LogP contribution < -0.4 is 10.1 Å². The SMILES string of the molecule is COc1cccc(C(O)CNCCc2ccc(Br)s2)c1. The van der Waals surface area contributed by atoms with Crippen molar-refractivity contribution in [2.45, 2.75) is 12.5 Å². The first-order valence-corrected chi connectivity index (χ1v) is 8.07. The molecule has 1 unspecified atom stereocenters. The minimum atomic E-state index is -0.514. The summed E-state index contributed by atoms with van der Waals surface area (Å²) in [7, 11) is 1.63. The van der Waals surface area contributed by atoms with Gasteiger partial charge in [-0.3, -0.25) is 0 Å². The van der Waals surface area contributed by atoms with E-state index in [1.807, 2.05) is 24.3 Å². The smallest absolute Gasteiger partial charge is 0.119 e. The predicted molar refractivity (Wildman–Crippen MR) is 86.5 cm³/mol. The fourth-order valence-corrected chi connectivity index (χ4v) is 3.39. The molecular formula is C15H18BrNO2S. The molecule has 0 fully saturated rings. The van der Waals surface area contributed by atoms with Crippen molar-refractivity contribution in [3.8, 4) is 5.75 Å². The second-order valence-electron chi connectivity index (χ2n) is 4.45. The highest BCUT2D eigenvalue weighted by molar-refractivity contribution is 9.11. The van der Waals surface area contributed by atoms with Crippen molar-refractivity contribution in [3.05, 3.63) is 50.6 Å². The molecule has 3 nitrogen and oxygen atoms in total. The third-order valence-corrected chi connectivity index (χ3v) is 4.68. The van der Waals surface area contributed by atoms with Gasteiger partial charge in [0.1, 0.15) is 5.75 Å². The summed E-state index contributed by atoms with van der Waals surface area (Å²) < 4.78 is 6.31. The quantitative estimate of drug-likeness (QED) is 0.748. The van der Waals surface area contributed by atoms with Gasteiger partial charge in [-0.25, -0.2) is 0 Å². The Hall–Kier alpha value is -0.880. The Bertz CT molecular complexity index is 544. The number of thiophene rings is 1. The van der Waals surface area contributed by atoms with Crippen LogP contribution in [0.2, 0.25) is 0 Å². The molecule has 0 radical (unpaired) electrons. The number of aliphatic hydroxyl groups is 1. The van der Waals surface area contributed by atoms with Gasteiger partial charge in [-0.2, -0.15) is 0 Å². The van der Waals surface area contributed by atoms with Crippen molar-refractivity contribution < 1.29 is 9.84 Å². The second-order valence-corrected chi connectivity index (χ2v) is 7.00. The van der Waals surface area contributed by atoms with Crippen molar-refractivity contribution in [1.82, 2.24) is 5.32 Å². The molecule has 0 aliphatic rings. The Kier molecular flexibility index (Phi) is 6.04. The highest BCUT2D eigenvalue weighted by Crippen LogP contribution is 2.22. The zero-order chi connectivity index (χ0) is 14.4. The summed E-state index contributed by atoms with van der Waals surface area (Å²) in [6.45, 7) is 1.40. The summed E-state index contributed by atoms with van der Waals surface area (Å²) in [6.07, 6.45) is 0.460. The number of nitrogens with one attached hydrogen (secondary N) is 1. The molecule has 5 heteroatoms. The summed E-state index contributed by atoms with van der Waals surface area (Å²) >= 11 is 5.20. The Morgan fingerprint density at radius 3 is 2.90 bits per heavy atom. The van der Waals surface area contributed by atoms with Crippen molar-refractivity contribution in [1.29, 1.82) is 0 Å². The van der Waals surface area contributed by atoms with Gasteiger partial charge in [0.2, 0.25) is 0 Å². The molecule has 2 N–H and O–H groups in total. The highest BCUT2D eigenvalue weighted by Gasteiger charge is 2.08. The first kappa shape index (κ1) is 15.5. The van der Waals surface area contributed by atoms with Gasteiger partial charge in [0.15, 0.2) is 0 Å². The van der Waals surface area contributed by atoms with Crippen molar-refractivity contribution in [2.24, 2.45) is 0 Å². The van der Waals surface area contributed by atoms with Crippen molar-refractivity contribution in [2.75, 3.05) is 20.2 Å². The minimum Gasteiger partial charge on any atom is -0.497 e. The van der Waals surface area contributed by atoms with E-state index in [2.05, 4.69) is 33.4 Å². The van der Waals surface area contributed by atoms with Gasteiger partial charge >= 0.3 is 0 Å². The largest absolute Gasteiger partial charge is 0.497 e. The maximum atomic E-state index is 10.1. The van der Waals surface area contributed by atoms with Gasteiger partial charge in [0.05, 0.1) is 17.0 Å². The molecule has 1 aromatic heterocycles. The fraction of sp³-hybridized carbons (Fsp3) is 0.333. The van der Waals surface area contributed by atoms with Gasteiger partial charge < -0.3 is 15.2 Å². The average Bonchev–Trinajstić information content (AvgIpc) is 2.89. The molecule has 0 aliphatic carbocycles. The summed E-state index contributed by atoms with van der Waals surface area (Å²) in [4.78, 5) is 1.33. The summed E-state index contributed by atoms with van der Waals surface area (Å²) in [6, 6.07) is 11.7. The van der Waals surface area contributed by atoms with Crippen LogP contribution in [0.5, 0.6) is 5.75 Å². The van der Waals surface area contributed by atoms with Crippen LogP contribution >= 0.6 is 27.3 Å². The van der Waals surface area contributed by atoms with Gasteiger partial charge in [0, 0.05) is 18.0 Å². The monoisotopic (exact) mass is 355 g/mol. The Morgan fingerprint density at radius 1 is 1.35 bits per heavy atom. The van der Waals surface area contributed by atoms with E-state index in [1.165, 1.54) is 4.88 Å². The van der Waals surface area contributed by atoms with Gasteiger partial charge in [0.25, 0.3) is 0 Å². The van der Waals surface area contributed by atoms with Gasteiger partial charge in [-0.15, -0.1) is 11.3 Å². The van der Waals surface area contributed by atoms with Crippen molar-refractivity contribution >= 4 is 27.3 Å². The van der Waals surface area contributed by atoms with E-state index in [4.69, 9.17) is 4.74 Å². The number of methoxy groups -OCH3 is 1. The molecule has 0 saturated heterocycles. The molecule has 0 amide bonds. The van der Waals surface area contributed by atoms with E-state index < -0.39 is 6.10 Å². The van der Waals surface area contributed by atoms with Crippen LogP contribution in [0.1, 0.15) is 16.5 Å². The van der Waals surface area contributed by atoms with E-state index in [0.29, 0.717) is 6.54 Å². The molecule has 20 heavy (non-hydrogen) atoms. The normalized spacial score (nSPS) is 12.3. The predicted octanol–water partition coefficient (Wildman–Crippen LogP) is 3.38. The Labute approximate surface area is 131 Å². The lowest BCUT2D eigenvalue weighted by Gasteiger charge is -2.13. The van der Waals surface area contributed by atoms with E-state index >= 15 is 0 Å². The highest BCUT2D eigenvalue weighted by atomic mass is 79.9. The number of hydrogen-bond acceptors (Lipinski definition) is 4. The number of rotatable bonds is 7. The van der Waals surface area contributed by atoms with Crippen LogP contribution in [-0.4, -0.2) is 25.3 Å². The molecule has 2 rings (SSSR count). The molecule has 0 aliphatic heterocycles. The Morgan fingerprint density at radius 2 is 2.20 bits per heavy atom. The molecule has 0 saturated carbocycles. The summed E-state index contributed by atoms with van der Waals surface area (Å²) in [5.41, 5.74) is 0.871. The van der Waals surface area contributed by atoms with Gasteiger partial charge in [-0.05, 0) is 52.2 Å². The maximum absolute atomic E-state index is 10.1. The lowest BCUT2D eigenvalue weighted by molar-refractivity contribution is 0.175. The molecular weight excluding hydrogens is 338 g/mol. The topological polar surface area (TPSA) is 41.5 Å². The number of benzene rings is 1. The molecule has 1 aromatic carbocycles. The van der Waals surface area contributed by atoms with Crippen LogP contribution in [0.15, 0.2) is 40.2 Å². The van der Waals surface area contributed by atoms with Crippen LogP contribution in [0.4, 0.5) is 0 Å². The van der Waals surface area contributed by atoms with Gasteiger partial charge in [-0.1, -0.05) is 12.1 Å². The standard InChI is InChI=1S/C15H18BrNO2S/c1-19-12-4-2-3-11(9-12)14(18)10-17-8-7-13-5-6-15(16)20-13/h2-6,9,14,17-18H,7-8,10H2,1H3. The first-order chi connectivity index (χ1) is 9.69. The van der Waals surface area contributed by atoms with E-state index in [1.54, 1.807) is 18.4 Å². The zero-order valence-corrected chi connectivity index (χ0v) is 13.7. The molecule has 1 atom stereocenters. The molecule has 2 aromatic rings. The maximum Gasteiger partial charge on any atom is 0.119 e. The lowest BCUT2D eigenvalue weighted by Crippen LogP contribution is -2.23. The van der Waals surface area contributed by atoms with Crippen LogP contribution in [0.25, 0.3) is 0 Å². The van der Waals surface area contributed by atoms with E-state index in [9.17, 15) is 5.11 Å². The molecule has 0 spiro atoms. The van der Waals surface area contributed by atoms with Crippen LogP contribution in [0.3, 0.4) is 0 Å². The number of hydrogen-bond donors (Lipinski definition) is 2. The molecule has 108 valence electrons. The van der Waals surface area contributed by atoms with Crippen molar-refractivity contribution in [3.63, 3.8) is 0 Å². The van der Waals surface area contributed by atoms with Crippen LogP contribution in [-0.2, 0) is 6.42 Å². The number of aliphatic hydroxyl groups excluding tert-OH is 1. The van der Waals surface area contributed by atoms with Crippen LogP contribution in [0, 0.1) is 0 Å². The number of halogens is 1. The fourth-order valence-electron chi connectivity index (χ4n) is 1.90. The summed E-state index contributed by atoms with van der Waals surface area (Å²) in [5.74, 6) is 0.769. The minimum absolute atomic E-state index is 0.514. The molecule has 0 bridgehead atoms. The average molecular weight is 356 g/mol. The molecule has 1 heterocycles. The first-order valence-electron chi connectivity index (χ1n) is 6.46. The number of ether oxygens (including phenoxy) is 1. The second kappa shape index (κ2) is 7.78.